The fraction of sp³-hybridized carbons (Fsp3) is 0.339. The molecule has 1 aliphatic carbocycles. The number of halogens is 3. The summed E-state index contributed by atoms with van der Waals surface area (Å²) in [6.07, 6.45) is 2.74. The van der Waals surface area contributed by atoms with Crippen LogP contribution in [0.4, 0.5) is 11.4 Å². The van der Waals surface area contributed by atoms with Crippen molar-refractivity contribution in [3.8, 4) is 28.4 Å². The molecule has 15 nitrogen and oxygen atoms in total. The second kappa shape index (κ2) is 21.7. The summed E-state index contributed by atoms with van der Waals surface area (Å²) in [7, 11) is 7.79. The van der Waals surface area contributed by atoms with E-state index in [9.17, 15) is 19.2 Å². The highest BCUT2D eigenvalue weighted by atomic mass is 35.5. The molecule has 3 N–H and O–H groups in total. The van der Waals surface area contributed by atoms with Gasteiger partial charge in [0.2, 0.25) is 5.91 Å². The number of esters is 1. The smallest absolute Gasteiger partial charge is 0.340 e. The number of ether oxygens (including phenoxy) is 4. The molecule has 9 rings (SSSR count). The summed E-state index contributed by atoms with van der Waals surface area (Å²) in [5.41, 5.74) is 6.15. The van der Waals surface area contributed by atoms with E-state index in [0.29, 0.717) is 79.3 Å². The molecule has 74 heavy (non-hydrogen) atoms. The summed E-state index contributed by atoms with van der Waals surface area (Å²) in [6.45, 7) is 5.02. The van der Waals surface area contributed by atoms with E-state index in [0.717, 1.165) is 46.6 Å². The average Bonchev–Trinajstić information content (AvgIpc) is 3.85. The lowest BCUT2D eigenvalue weighted by Crippen LogP contribution is -2.58. The number of benzene rings is 5. The molecular formula is C56H58Cl3N7O8. The van der Waals surface area contributed by atoms with E-state index in [1.54, 1.807) is 41.1 Å². The first-order valence-corrected chi connectivity index (χ1v) is 25.8. The summed E-state index contributed by atoms with van der Waals surface area (Å²) in [6, 6.07) is 27.5. The van der Waals surface area contributed by atoms with Crippen LogP contribution in [0.15, 0.2) is 91.0 Å². The Balaban J connectivity index is 0.766. The van der Waals surface area contributed by atoms with Crippen LogP contribution in [0, 0.1) is 0 Å². The van der Waals surface area contributed by atoms with Crippen molar-refractivity contribution >= 4 is 69.9 Å². The standard InChI is InChI=1S/C56H58Cl3N7O8/c1-7-55(8-2,62-52(68)49-40-11-9-10-33-28-35(57)13-17-39(33)50(40)66(63-49)46-21-14-36(58)30-45(46)59)54(70)61-23-25-72-27-26-71-24-22-60-51(67)34-12-18-42-41(29-34)53(69)74-56(42)43-19-15-37(64(3)4)31-47(43)73-48-32-38(65(5)6)16-20-44(48)56/h12-21,28-32H,7-11,22-27H2,1-6H3,(H,60,67)(H,61,70)(H,62,68). The van der Waals surface area contributed by atoms with Crippen LogP contribution < -0.4 is 30.5 Å². The highest BCUT2D eigenvalue weighted by Crippen LogP contribution is 2.57. The number of rotatable bonds is 18. The zero-order valence-electron chi connectivity index (χ0n) is 42.1. The molecule has 0 unspecified atom stereocenters. The topological polar surface area (TPSA) is 166 Å². The van der Waals surface area contributed by atoms with Gasteiger partial charge in [0.05, 0.1) is 48.4 Å². The number of aryl methyl sites for hydroxylation is 1. The van der Waals surface area contributed by atoms with Gasteiger partial charge in [0.15, 0.2) is 11.3 Å². The van der Waals surface area contributed by atoms with E-state index in [-0.39, 0.29) is 57.0 Å². The van der Waals surface area contributed by atoms with Crippen LogP contribution in [0.5, 0.6) is 11.5 Å². The molecule has 18 heteroatoms. The molecule has 0 fully saturated rings. The lowest BCUT2D eigenvalue weighted by Gasteiger charge is -2.37. The van der Waals surface area contributed by atoms with Crippen molar-refractivity contribution in [2.45, 2.75) is 57.1 Å². The number of nitrogens with one attached hydrogen (secondary N) is 3. The quantitative estimate of drug-likeness (QED) is 0.0555. The fourth-order valence-electron chi connectivity index (χ4n) is 9.98. The Morgan fingerprint density at radius 1 is 0.716 bits per heavy atom. The van der Waals surface area contributed by atoms with Crippen molar-refractivity contribution in [1.29, 1.82) is 0 Å². The normalized spacial score (nSPS) is 13.8. The maximum Gasteiger partial charge on any atom is 0.340 e. The van der Waals surface area contributed by atoms with Gasteiger partial charge in [-0.3, -0.25) is 14.4 Å². The number of hydrogen-bond acceptors (Lipinski definition) is 11. The second-order valence-electron chi connectivity index (χ2n) is 18.9. The molecule has 6 aromatic rings. The van der Waals surface area contributed by atoms with E-state index in [1.807, 2.05) is 106 Å². The Kier molecular flexibility index (Phi) is 15.3. The first-order valence-electron chi connectivity index (χ1n) is 24.7. The van der Waals surface area contributed by atoms with Crippen molar-refractivity contribution in [1.82, 2.24) is 25.7 Å². The lowest BCUT2D eigenvalue weighted by atomic mass is 9.77. The monoisotopic (exact) mass is 1060 g/mol. The molecule has 3 amide bonds. The Morgan fingerprint density at radius 3 is 1.97 bits per heavy atom. The van der Waals surface area contributed by atoms with Crippen molar-refractivity contribution in [2.24, 2.45) is 0 Å². The molecule has 386 valence electrons. The predicted molar refractivity (Wildman–Crippen MR) is 287 cm³/mol. The number of hydrogen-bond donors (Lipinski definition) is 3. The molecule has 2 aliphatic heterocycles. The van der Waals surface area contributed by atoms with Gasteiger partial charge in [-0.15, -0.1) is 0 Å². The number of fused-ring (bicyclic) bond motifs is 9. The van der Waals surface area contributed by atoms with Crippen LogP contribution >= 0.6 is 34.8 Å². The zero-order valence-corrected chi connectivity index (χ0v) is 44.4. The van der Waals surface area contributed by atoms with Crippen LogP contribution in [0.25, 0.3) is 16.9 Å². The number of nitrogens with zero attached hydrogens (tertiary/aromatic N) is 4. The predicted octanol–water partition coefficient (Wildman–Crippen LogP) is 9.56. The largest absolute Gasteiger partial charge is 0.456 e. The molecule has 0 radical (unpaired) electrons. The minimum absolute atomic E-state index is 0.196. The first-order chi connectivity index (χ1) is 35.6. The maximum atomic E-state index is 14.3. The Bertz CT molecular complexity index is 3110. The minimum Gasteiger partial charge on any atom is -0.456 e. The van der Waals surface area contributed by atoms with Crippen LogP contribution in [0.3, 0.4) is 0 Å². The molecule has 1 spiro atoms. The molecule has 0 atom stereocenters. The molecule has 3 heterocycles. The number of carbonyl (C=O) groups excluding carboxylic acids is 4. The van der Waals surface area contributed by atoms with E-state index in [4.69, 9.17) is 58.8 Å². The zero-order chi connectivity index (χ0) is 52.5. The van der Waals surface area contributed by atoms with Gasteiger partial charge < -0.3 is 44.7 Å². The third-order valence-corrected chi connectivity index (χ3v) is 14.8. The van der Waals surface area contributed by atoms with Gasteiger partial charge in [0.25, 0.3) is 11.8 Å². The number of anilines is 2. The van der Waals surface area contributed by atoms with Crippen molar-refractivity contribution in [2.75, 3.05) is 77.5 Å². The Labute approximate surface area is 445 Å². The molecular weight excluding hydrogens is 1010 g/mol. The van der Waals surface area contributed by atoms with Gasteiger partial charge in [0.1, 0.15) is 17.0 Å². The van der Waals surface area contributed by atoms with Gasteiger partial charge >= 0.3 is 5.97 Å². The summed E-state index contributed by atoms with van der Waals surface area (Å²) in [4.78, 5) is 59.3. The SMILES string of the molecule is CCC(CC)(NC(=O)c1nn(-c2ccc(Cl)cc2Cl)c2c1CCCc1cc(Cl)ccc1-2)C(=O)NCCOCCOCCNC(=O)c1ccc2c(c1)C(=O)OC21c2ccc(N(C)C)cc2Oc2cc(N(C)C)ccc21. The fourth-order valence-corrected chi connectivity index (χ4v) is 10.7. The van der Waals surface area contributed by atoms with Crippen LogP contribution in [-0.4, -0.2) is 107 Å². The van der Waals surface area contributed by atoms with Crippen LogP contribution in [0.2, 0.25) is 15.1 Å². The van der Waals surface area contributed by atoms with Crippen molar-refractivity contribution in [3.63, 3.8) is 0 Å². The van der Waals surface area contributed by atoms with E-state index in [1.165, 1.54) is 0 Å². The van der Waals surface area contributed by atoms with Gasteiger partial charge in [-0.25, -0.2) is 9.48 Å². The van der Waals surface area contributed by atoms with E-state index < -0.39 is 23.0 Å². The number of amides is 3. The van der Waals surface area contributed by atoms with E-state index in [2.05, 4.69) is 16.0 Å². The third kappa shape index (κ3) is 9.91. The second-order valence-corrected chi connectivity index (χ2v) is 20.2. The number of carbonyl (C=O) groups is 4. The highest BCUT2D eigenvalue weighted by molar-refractivity contribution is 6.35. The summed E-state index contributed by atoms with van der Waals surface area (Å²) in [5, 5.41) is 15.2. The molecule has 0 bridgehead atoms. The molecule has 0 saturated heterocycles. The Hall–Kier alpha value is -6.62. The summed E-state index contributed by atoms with van der Waals surface area (Å²) < 4.78 is 26.0. The van der Waals surface area contributed by atoms with Gasteiger partial charge in [-0.1, -0.05) is 60.8 Å². The highest BCUT2D eigenvalue weighted by Gasteiger charge is 2.54. The van der Waals surface area contributed by atoms with Crippen molar-refractivity contribution < 1.29 is 38.1 Å². The van der Waals surface area contributed by atoms with Gasteiger partial charge in [-0.05, 0) is 104 Å². The lowest BCUT2D eigenvalue weighted by molar-refractivity contribution is -0.128. The Morgan fingerprint density at radius 2 is 1.34 bits per heavy atom. The van der Waals surface area contributed by atoms with Crippen molar-refractivity contribution in [3.05, 3.63) is 151 Å². The molecule has 5 aromatic carbocycles. The van der Waals surface area contributed by atoms with Gasteiger partial charge in [0, 0.05) is 108 Å². The van der Waals surface area contributed by atoms with E-state index >= 15 is 0 Å². The summed E-state index contributed by atoms with van der Waals surface area (Å²) in [5.74, 6) is -0.572. The molecule has 0 saturated carbocycles. The first kappa shape index (κ1) is 52.3. The van der Waals surface area contributed by atoms with Crippen LogP contribution in [-0.2, 0) is 37.4 Å². The third-order valence-electron chi connectivity index (χ3n) is 14.0. The molecule has 3 aliphatic rings. The summed E-state index contributed by atoms with van der Waals surface area (Å²) >= 11 is 19.4. The number of aromatic nitrogens is 2. The van der Waals surface area contributed by atoms with Crippen LogP contribution in [0.1, 0.15) is 92.1 Å². The average molecular weight is 1060 g/mol. The molecule has 1 aromatic heterocycles. The minimum atomic E-state index is -1.28. The van der Waals surface area contributed by atoms with Gasteiger partial charge in [-0.2, -0.15) is 5.10 Å². The maximum absolute atomic E-state index is 14.3.